The minimum absolute atomic E-state index is 0.0600. The van der Waals surface area contributed by atoms with Gasteiger partial charge in [-0.15, -0.1) is 0 Å². The zero-order chi connectivity index (χ0) is 9.47. The fourth-order valence-corrected chi connectivity index (χ4v) is 2.61. The Bertz CT molecular complexity index is 224. The Morgan fingerprint density at radius 2 is 2.38 bits per heavy atom. The SMILES string of the molecule is CCCC[C@H]1OC(=O)[C@]2(C)CC[C@H]12. The van der Waals surface area contributed by atoms with Crippen LogP contribution >= 0.6 is 0 Å². The summed E-state index contributed by atoms with van der Waals surface area (Å²) in [5.41, 5.74) is -0.0988. The summed E-state index contributed by atoms with van der Waals surface area (Å²) in [5.74, 6) is 0.594. The molecule has 3 atom stereocenters. The monoisotopic (exact) mass is 182 g/mol. The normalized spacial score (nSPS) is 42.5. The Morgan fingerprint density at radius 3 is 2.85 bits per heavy atom. The van der Waals surface area contributed by atoms with Crippen molar-refractivity contribution in [3.63, 3.8) is 0 Å². The van der Waals surface area contributed by atoms with E-state index in [1.807, 2.05) is 0 Å². The molecule has 0 N–H and O–H groups in total. The summed E-state index contributed by atoms with van der Waals surface area (Å²) < 4.78 is 5.41. The van der Waals surface area contributed by atoms with Gasteiger partial charge >= 0.3 is 5.97 Å². The molecule has 2 fully saturated rings. The van der Waals surface area contributed by atoms with Gasteiger partial charge in [0, 0.05) is 5.92 Å². The van der Waals surface area contributed by atoms with Crippen molar-refractivity contribution in [3.8, 4) is 0 Å². The van der Waals surface area contributed by atoms with Crippen LogP contribution in [-0.4, -0.2) is 12.1 Å². The molecular weight excluding hydrogens is 164 g/mol. The van der Waals surface area contributed by atoms with Gasteiger partial charge < -0.3 is 4.74 Å². The van der Waals surface area contributed by atoms with Crippen LogP contribution in [0.25, 0.3) is 0 Å². The number of rotatable bonds is 3. The molecule has 74 valence electrons. The zero-order valence-corrected chi connectivity index (χ0v) is 8.51. The minimum Gasteiger partial charge on any atom is -0.462 e. The van der Waals surface area contributed by atoms with Crippen molar-refractivity contribution >= 4 is 5.97 Å². The lowest BCUT2D eigenvalue weighted by Gasteiger charge is -2.38. The molecule has 0 aromatic carbocycles. The Hall–Kier alpha value is -0.530. The fraction of sp³-hybridized carbons (Fsp3) is 0.909. The van der Waals surface area contributed by atoms with E-state index >= 15 is 0 Å². The standard InChI is InChI=1S/C11H18O2/c1-3-4-5-9-8-6-7-11(8,2)10(12)13-9/h8-9H,3-7H2,1-2H3/t8-,9-,11-/m1/s1. The van der Waals surface area contributed by atoms with E-state index < -0.39 is 0 Å². The lowest BCUT2D eigenvalue weighted by molar-refractivity contribution is -0.149. The molecule has 0 spiro atoms. The van der Waals surface area contributed by atoms with Gasteiger partial charge in [0.05, 0.1) is 5.41 Å². The number of carbonyl (C=O) groups is 1. The summed E-state index contributed by atoms with van der Waals surface area (Å²) in [6, 6.07) is 0. The molecule has 1 saturated carbocycles. The fourth-order valence-electron chi connectivity index (χ4n) is 2.61. The van der Waals surface area contributed by atoms with E-state index in [0.717, 1.165) is 12.8 Å². The highest BCUT2D eigenvalue weighted by Gasteiger charge is 2.59. The predicted molar refractivity (Wildman–Crippen MR) is 50.2 cm³/mol. The Morgan fingerprint density at radius 1 is 1.62 bits per heavy atom. The van der Waals surface area contributed by atoms with Crippen molar-refractivity contribution in [2.24, 2.45) is 11.3 Å². The van der Waals surface area contributed by atoms with Crippen molar-refractivity contribution < 1.29 is 9.53 Å². The van der Waals surface area contributed by atoms with E-state index in [1.165, 1.54) is 19.3 Å². The first kappa shape index (κ1) is 9.04. The largest absolute Gasteiger partial charge is 0.462 e. The molecule has 0 aromatic heterocycles. The summed E-state index contributed by atoms with van der Waals surface area (Å²) in [6.07, 6.45) is 5.92. The Balaban J connectivity index is 1.98. The third kappa shape index (κ3) is 1.18. The first-order valence-corrected chi connectivity index (χ1v) is 5.39. The molecule has 2 aliphatic rings. The van der Waals surface area contributed by atoms with Crippen molar-refractivity contribution in [1.82, 2.24) is 0 Å². The molecule has 2 rings (SSSR count). The second-order valence-electron chi connectivity index (χ2n) is 4.65. The lowest BCUT2D eigenvalue weighted by Crippen LogP contribution is -2.40. The van der Waals surface area contributed by atoms with Gasteiger partial charge in [0.1, 0.15) is 6.10 Å². The van der Waals surface area contributed by atoms with Gasteiger partial charge in [0.25, 0.3) is 0 Å². The highest BCUT2D eigenvalue weighted by molar-refractivity contribution is 5.80. The molecule has 1 heterocycles. The molecule has 0 bridgehead atoms. The zero-order valence-electron chi connectivity index (χ0n) is 8.51. The number of carbonyl (C=O) groups excluding carboxylic acids is 1. The second kappa shape index (κ2) is 3.00. The molecule has 0 amide bonds. The van der Waals surface area contributed by atoms with Crippen molar-refractivity contribution in [3.05, 3.63) is 0 Å². The average Bonchev–Trinajstić information content (AvgIpc) is 2.24. The van der Waals surface area contributed by atoms with E-state index in [1.54, 1.807) is 0 Å². The highest BCUT2D eigenvalue weighted by Crippen LogP contribution is 2.55. The molecule has 1 aliphatic carbocycles. The van der Waals surface area contributed by atoms with E-state index in [4.69, 9.17) is 4.74 Å². The van der Waals surface area contributed by atoms with Crippen LogP contribution in [0.4, 0.5) is 0 Å². The van der Waals surface area contributed by atoms with E-state index in [9.17, 15) is 4.79 Å². The number of unbranched alkanes of at least 4 members (excludes halogenated alkanes) is 1. The van der Waals surface area contributed by atoms with Crippen LogP contribution in [0.2, 0.25) is 0 Å². The van der Waals surface area contributed by atoms with Crippen molar-refractivity contribution in [1.29, 1.82) is 0 Å². The van der Waals surface area contributed by atoms with Crippen molar-refractivity contribution in [2.75, 3.05) is 0 Å². The number of hydrogen-bond acceptors (Lipinski definition) is 2. The summed E-state index contributed by atoms with van der Waals surface area (Å²) in [5, 5.41) is 0. The van der Waals surface area contributed by atoms with Gasteiger partial charge in [0.2, 0.25) is 0 Å². The smallest absolute Gasteiger partial charge is 0.312 e. The Kier molecular flexibility index (Phi) is 2.09. The van der Waals surface area contributed by atoms with E-state index in [2.05, 4.69) is 13.8 Å². The third-order valence-corrected chi connectivity index (χ3v) is 3.81. The van der Waals surface area contributed by atoms with Gasteiger partial charge in [-0.1, -0.05) is 19.8 Å². The predicted octanol–water partition coefficient (Wildman–Crippen LogP) is 2.52. The third-order valence-electron chi connectivity index (χ3n) is 3.81. The molecule has 0 aromatic rings. The van der Waals surface area contributed by atoms with Gasteiger partial charge in [-0.05, 0) is 26.2 Å². The molecule has 2 heteroatoms. The number of esters is 1. The molecule has 1 aliphatic heterocycles. The molecular formula is C11H18O2. The van der Waals surface area contributed by atoms with Crippen LogP contribution in [0.5, 0.6) is 0 Å². The molecule has 0 unspecified atom stereocenters. The van der Waals surface area contributed by atoms with Crippen LogP contribution in [0.15, 0.2) is 0 Å². The maximum absolute atomic E-state index is 11.5. The average molecular weight is 182 g/mol. The van der Waals surface area contributed by atoms with Crippen LogP contribution < -0.4 is 0 Å². The summed E-state index contributed by atoms with van der Waals surface area (Å²) in [4.78, 5) is 11.5. The van der Waals surface area contributed by atoms with Gasteiger partial charge in [-0.2, -0.15) is 0 Å². The molecule has 0 radical (unpaired) electrons. The maximum Gasteiger partial charge on any atom is 0.312 e. The number of fused-ring (bicyclic) bond motifs is 1. The summed E-state index contributed by atoms with van der Waals surface area (Å²) >= 11 is 0. The number of ether oxygens (including phenoxy) is 1. The maximum atomic E-state index is 11.5. The highest BCUT2D eigenvalue weighted by atomic mass is 16.6. The van der Waals surface area contributed by atoms with Crippen molar-refractivity contribution in [2.45, 2.75) is 52.1 Å². The Labute approximate surface area is 79.7 Å². The van der Waals surface area contributed by atoms with E-state index in [-0.39, 0.29) is 17.5 Å². The molecule has 1 saturated heterocycles. The van der Waals surface area contributed by atoms with Gasteiger partial charge in [-0.25, -0.2) is 0 Å². The second-order valence-corrected chi connectivity index (χ2v) is 4.65. The first-order chi connectivity index (χ1) is 6.18. The summed E-state index contributed by atoms with van der Waals surface area (Å²) in [7, 11) is 0. The summed E-state index contributed by atoms with van der Waals surface area (Å²) in [6.45, 7) is 4.24. The number of cyclic esters (lactones) is 1. The quantitative estimate of drug-likeness (QED) is 0.627. The topological polar surface area (TPSA) is 26.3 Å². The van der Waals surface area contributed by atoms with Crippen LogP contribution in [0.3, 0.4) is 0 Å². The van der Waals surface area contributed by atoms with E-state index in [0.29, 0.717) is 5.92 Å². The minimum atomic E-state index is -0.0988. The van der Waals surface area contributed by atoms with Crippen LogP contribution in [0, 0.1) is 11.3 Å². The van der Waals surface area contributed by atoms with Crippen LogP contribution in [-0.2, 0) is 9.53 Å². The molecule has 2 nitrogen and oxygen atoms in total. The van der Waals surface area contributed by atoms with Gasteiger partial charge in [0.15, 0.2) is 0 Å². The van der Waals surface area contributed by atoms with Gasteiger partial charge in [-0.3, -0.25) is 4.79 Å². The number of hydrogen-bond donors (Lipinski definition) is 0. The van der Waals surface area contributed by atoms with Crippen LogP contribution in [0.1, 0.15) is 46.0 Å². The molecule has 13 heavy (non-hydrogen) atoms. The lowest BCUT2D eigenvalue weighted by atomic mass is 9.60. The first-order valence-electron chi connectivity index (χ1n) is 5.39.